The Morgan fingerprint density at radius 1 is 1.38 bits per heavy atom. The first kappa shape index (κ1) is 13.0. The minimum absolute atomic E-state index is 0.00985. The van der Waals surface area contributed by atoms with E-state index in [4.69, 9.17) is 5.11 Å². The normalized spacial score (nSPS) is 13.1. The smallest absolute Gasteiger partial charge is 0.210 e. The van der Waals surface area contributed by atoms with Gasteiger partial charge in [0.1, 0.15) is 7.05 Å². The average Bonchev–Trinajstić information content (AvgIpc) is 2.17. The van der Waals surface area contributed by atoms with E-state index in [1.54, 1.807) is 6.08 Å². The van der Waals surface area contributed by atoms with Gasteiger partial charge in [-0.25, -0.2) is 4.58 Å². The predicted octanol–water partition coefficient (Wildman–Crippen LogP) is 2.45. The number of allylic oxidation sites excluding steroid dienone is 1. The molecular formula is C13H18NOS+. The maximum Gasteiger partial charge on any atom is 0.210 e. The molecule has 1 rings (SSSR count). The van der Waals surface area contributed by atoms with Gasteiger partial charge >= 0.3 is 0 Å². The van der Waals surface area contributed by atoms with E-state index in [2.05, 4.69) is 38.6 Å². The van der Waals surface area contributed by atoms with Crippen LogP contribution in [-0.2, 0) is 0 Å². The molecule has 0 radical (unpaired) electrons. The van der Waals surface area contributed by atoms with E-state index in [0.717, 1.165) is 4.91 Å². The summed E-state index contributed by atoms with van der Waals surface area (Å²) in [5.41, 5.74) is 3.63. The molecule has 0 aliphatic carbocycles. The van der Waals surface area contributed by atoms with Crippen LogP contribution in [0.15, 0.2) is 29.2 Å². The number of para-hydroxylation sites is 1. The maximum atomic E-state index is 8.77. The van der Waals surface area contributed by atoms with Crippen LogP contribution in [0, 0.1) is 13.8 Å². The summed E-state index contributed by atoms with van der Waals surface area (Å²) >= 11 is 4.27. The van der Waals surface area contributed by atoms with Crippen molar-refractivity contribution in [2.75, 3.05) is 13.7 Å². The molecule has 0 heterocycles. The molecule has 0 bridgehead atoms. The maximum absolute atomic E-state index is 8.77. The molecule has 0 fully saturated rings. The molecule has 3 heteroatoms. The lowest BCUT2D eigenvalue weighted by Gasteiger charge is -2.04. The Balaban J connectivity index is 3.14. The van der Waals surface area contributed by atoms with Crippen LogP contribution < -0.4 is 0 Å². The van der Waals surface area contributed by atoms with Gasteiger partial charge in [-0.3, -0.25) is 0 Å². The topological polar surface area (TPSA) is 23.2 Å². The summed E-state index contributed by atoms with van der Waals surface area (Å²) < 4.78 is 2.03. The number of hydrogen-bond donors (Lipinski definition) is 2. The van der Waals surface area contributed by atoms with Crippen molar-refractivity contribution in [3.63, 3.8) is 0 Å². The van der Waals surface area contributed by atoms with Crippen molar-refractivity contribution >= 4 is 24.5 Å². The first-order valence-corrected chi connectivity index (χ1v) is 5.65. The summed E-state index contributed by atoms with van der Waals surface area (Å²) in [6, 6.07) is 6.22. The molecule has 0 atom stereocenters. The zero-order valence-corrected chi connectivity index (χ0v) is 10.8. The van der Waals surface area contributed by atoms with Gasteiger partial charge in [-0.05, 0) is 19.9 Å². The van der Waals surface area contributed by atoms with Crippen molar-refractivity contribution in [3.8, 4) is 0 Å². The van der Waals surface area contributed by atoms with E-state index in [-0.39, 0.29) is 6.61 Å². The van der Waals surface area contributed by atoms with Crippen molar-refractivity contribution in [3.05, 3.63) is 40.3 Å². The molecule has 1 N–H and O–H groups in total. The van der Waals surface area contributed by atoms with E-state index >= 15 is 0 Å². The molecule has 16 heavy (non-hydrogen) atoms. The number of aliphatic hydroxyl groups is 1. The van der Waals surface area contributed by atoms with E-state index < -0.39 is 0 Å². The predicted molar refractivity (Wildman–Crippen MR) is 72.0 cm³/mol. The van der Waals surface area contributed by atoms with Gasteiger partial charge in [-0.15, -0.1) is 12.6 Å². The molecule has 0 unspecified atom stereocenters. The van der Waals surface area contributed by atoms with E-state index in [1.165, 1.54) is 16.8 Å². The quantitative estimate of drug-likeness (QED) is 0.470. The van der Waals surface area contributed by atoms with Crippen LogP contribution in [0.25, 0.3) is 0 Å². The molecule has 0 aromatic heterocycles. The fraction of sp³-hybridized carbons (Fsp3) is 0.308. The minimum atomic E-state index is 0.00985. The number of aryl methyl sites for hydroxylation is 2. The highest BCUT2D eigenvalue weighted by atomic mass is 32.1. The third kappa shape index (κ3) is 3.22. The highest BCUT2D eigenvalue weighted by molar-refractivity contribution is 7.85. The second-order valence-corrected chi connectivity index (χ2v) is 4.31. The Labute approximate surface area is 102 Å². The summed E-state index contributed by atoms with van der Waals surface area (Å²) in [6.07, 6.45) is 3.56. The van der Waals surface area contributed by atoms with Crippen LogP contribution >= 0.6 is 12.6 Å². The highest BCUT2D eigenvalue weighted by Crippen LogP contribution is 2.21. The van der Waals surface area contributed by atoms with Crippen LogP contribution in [0.5, 0.6) is 0 Å². The fourth-order valence-electron chi connectivity index (χ4n) is 1.77. The highest BCUT2D eigenvalue weighted by Gasteiger charge is 2.10. The van der Waals surface area contributed by atoms with E-state index in [0.29, 0.717) is 0 Å². The number of rotatable bonds is 3. The molecule has 1 aromatic rings. The zero-order chi connectivity index (χ0) is 12.1. The third-order valence-corrected chi connectivity index (χ3v) is 2.72. The van der Waals surface area contributed by atoms with Gasteiger partial charge in [0.15, 0.2) is 6.21 Å². The molecule has 1 aromatic carbocycles. The number of hydrogen-bond acceptors (Lipinski definition) is 2. The number of aliphatic hydroxyl groups excluding tert-OH is 1. The summed E-state index contributed by atoms with van der Waals surface area (Å²) in [4.78, 5) is 0.757. The van der Waals surface area contributed by atoms with Gasteiger partial charge in [0.05, 0.1) is 11.5 Å². The van der Waals surface area contributed by atoms with Crippen LogP contribution in [0.2, 0.25) is 0 Å². The van der Waals surface area contributed by atoms with E-state index in [9.17, 15) is 0 Å². The Bertz CT molecular complexity index is 415. The molecule has 0 amide bonds. The SMILES string of the molecule is Cc1cccc(C)c1[N+](C)=C/C(S)=C/CO. The summed E-state index contributed by atoms with van der Waals surface area (Å²) in [7, 11) is 1.98. The largest absolute Gasteiger partial charge is 0.392 e. The molecule has 2 nitrogen and oxygen atoms in total. The van der Waals surface area contributed by atoms with Gasteiger partial charge in [0.2, 0.25) is 5.69 Å². The fourth-order valence-corrected chi connectivity index (χ4v) is 2.03. The molecule has 0 spiro atoms. The van der Waals surface area contributed by atoms with E-state index in [1.807, 2.05) is 23.9 Å². The molecule has 86 valence electrons. The van der Waals surface area contributed by atoms with Crippen molar-refractivity contribution in [2.24, 2.45) is 0 Å². The summed E-state index contributed by atoms with van der Waals surface area (Å²) in [5.74, 6) is 0. The molecule has 0 aliphatic rings. The second kappa shape index (κ2) is 5.87. The Morgan fingerprint density at radius 3 is 2.44 bits per heavy atom. The van der Waals surface area contributed by atoms with Crippen molar-refractivity contribution in [1.29, 1.82) is 0 Å². The third-order valence-electron chi connectivity index (χ3n) is 2.42. The van der Waals surface area contributed by atoms with Crippen LogP contribution in [0.4, 0.5) is 5.69 Å². The number of thiol groups is 1. The second-order valence-electron chi connectivity index (χ2n) is 3.79. The van der Waals surface area contributed by atoms with Gasteiger partial charge < -0.3 is 5.11 Å². The standard InChI is InChI=1S/C13H17NOS/c1-10-5-4-6-11(2)13(10)14(3)9-12(16)7-8-15/h4-7,9,15H,8H2,1-3H3/p+1/b12-7-,14-9?. The molecule has 0 saturated heterocycles. The lowest BCUT2D eigenvalue weighted by Crippen LogP contribution is -2.04. The summed E-state index contributed by atoms with van der Waals surface area (Å²) in [6.45, 7) is 4.18. The Morgan fingerprint density at radius 2 is 1.94 bits per heavy atom. The zero-order valence-electron chi connectivity index (χ0n) is 9.94. The lowest BCUT2D eigenvalue weighted by molar-refractivity contribution is -0.400. The van der Waals surface area contributed by atoms with Crippen LogP contribution in [-0.4, -0.2) is 29.6 Å². The van der Waals surface area contributed by atoms with Crippen molar-refractivity contribution in [2.45, 2.75) is 13.8 Å². The Hall–Kier alpha value is -1.06. The first-order chi connectivity index (χ1) is 7.56. The van der Waals surface area contributed by atoms with Crippen LogP contribution in [0.1, 0.15) is 11.1 Å². The number of benzene rings is 1. The molecule has 0 saturated carbocycles. The van der Waals surface area contributed by atoms with Gasteiger partial charge in [0, 0.05) is 11.1 Å². The average molecular weight is 236 g/mol. The van der Waals surface area contributed by atoms with Gasteiger partial charge in [0.25, 0.3) is 0 Å². The lowest BCUT2D eigenvalue weighted by atomic mass is 10.1. The van der Waals surface area contributed by atoms with Crippen LogP contribution in [0.3, 0.4) is 0 Å². The minimum Gasteiger partial charge on any atom is -0.392 e. The summed E-state index contributed by atoms with van der Waals surface area (Å²) in [5, 5.41) is 8.77. The number of nitrogens with zero attached hydrogens (tertiary/aromatic N) is 1. The van der Waals surface area contributed by atoms with Crippen molar-refractivity contribution < 1.29 is 9.68 Å². The van der Waals surface area contributed by atoms with Crippen molar-refractivity contribution in [1.82, 2.24) is 0 Å². The monoisotopic (exact) mass is 236 g/mol. The Kier molecular flexibility index (Phi) is 4.77. The van der Waals surface area contributed by atoms with Gasteiger partial charge in [-0.1, -0.05) is 18.2 Å². The molecule has 0 aliphatic heterocycles. The first-order valence-electron chi connectivity index (χ1n) is 5.20. The van der Waals surface area contributed by atoms with Gasteiger partial charge in [-0.2, -0.15) is 0 Å². The molecular weight excluding hydrogens is 218 g/mol.